The van der Waals surface area contributed by atoms with Gasteiger partial charge in [-0.1, -0.05) is 19.4 Å². The highest BCUT2D eigenvalue weighted by Crippen LogP contribution is 2.23. The number of ether oxygens (including phenoxy) is 2. The van der Waals surface area contributed by atoms with Crippen molar-refractivity contribution in [2.24, 2.45) is 0 Å². The minimum absolute atomic E-state index is 0.000455. The highest BCUT2D eigenvalue weighted by molar-refractivity contribution is 5.87. The molecule has 0 N–H and O–H groups in total. The van der Waals surface area contributed by atoms with Crippen molar-refractivity contribution < 1.29 is 9.47 Å². The molecule has 20 heavy (non-hydrogen) atoms. The van der Waals surface area contributed by atoms with E-state index in [1.807, 2.05) is 24.3 Å². The Balaban J connectivity index is 2.34. The standard InChI is InChI=1S/C16H21NO3/c1-3-4-11-20-15-7-5-6-14-13(15)8-9-17(16(14)18)10-12-19-2/h5-9H,3-4,10-12H2,1-2H3. The van der Waals surface area contributed by atoms with E-state index in [4.69, 9.17) is 9.47 Å². The number of pyridine rings is 1. The van der Waals surface area contributed by atoms with Crippen LogP contribution in [0.4, 0.5) is 0 Å². The van der Waals surface area contributed by atoms with Crippen molar-refractivity contribution in [1.82, 2.24) is 4.57 Å². The summed E-state index contributed by atoms with van der Waals surface area (Å²) < 4.78 is 12.4. The lowest BCUT2D eigenvalue weighted by Gasteiger charge is -2.11. The Hall–Kier alpha value is -1.81. The SMILES string of the molecule is CCCCOc1cccc2c(=O)n(CCOC)ccc12. The van der Waals surface area contributed by atoms with Crippen molar-refractivity contribution in [3.63, 3.8) is 0 Å². The molecule has 4 heteroatoms. The second-order valence-corrected chi connectivity index (χ2v) is 4.73. The van der Waals surface area contributed by atoms with Gasteiger partial charge in [0, 0.05) is 25.2 Å². The molecule has 0 aliphatic heterocycles. The van der Waals surface area contributed by atoms with E-state index in [2.05, 4.69) is 6.92 Å². The van der Waals surface area contributed by atoms with E-state index in [9.17, 15) is 4.79 Å². The first kappa shape index (κ1) is 14.6. The fourth-order valence-electron chi connectivity index (χ4n) is 2.11. The van der Waals surface area contributed by atoms with Crippen molar-refractivity contribution in [2.75, 3.05) is 20.3 Å². The van der Waals surface area contributed by atoms with E-state index >= 15 is 0 Å². The molecule has 0 spiro atoms. The van der Waals surface area contributed by atoms with Gasteiger partial charge in [-0.05, 0) is 24.6 Å². The van der Waals surface area contributed by atoms with Crippen LogP contribution in [0.25, 0.3) is 10.8 Å². The molecule has 108 valence electrons. The fourth-order valence-corrected chi connectivity index (χ4v) is 2.11. The molecule has 0 saturated carbocycles. The average molecular weight is 275 g/mol. The van der Waals surface area contributed by atoms with Gasteiger partial charge in [-0.25, -0.2) is 0 Å². The van der Waals surface area contributed by atoms with Crippen LogP contribution in [-0.2, 0) is 11.3 Å². The van der Waals surface area contributed by atoms with Crippen molar-refractivity contribution in [3.05, 3.63) is 40.8 Å². The minimum Gasteiger partial charge on any atom is -0.493 e. The molecule has 0 radical (unpaired) electrons. The zero-order valence-corrected chi connectivity index (χ0v) is 12.1. The predicted molar refractivity (Wildman–Crippen MR) is 80.5 cm³/mol. The third-order valence-corrected chi connectivity index (χ3v) is 3.27. The molecule has 0 fully saturated rings. The zero-order chi connectivity index (χ0) is 14.4. The maximum Gasteiger partial charge on any atom is 0.258 e. The van der Waals surface area contributed by atoms with Gasteiger partial charge in [0.2, 0.25) is 0 Å². The van der Waals surface area contributed by atoms with Gasteiger partial charge in [-0.15, -0.1) is 0 Å². The molecule has 0 saturated heterocycles. The molecule has 1 aromatic carbocycles. The quantitative estimate of drug-likeness (QED) is 0.730. The summed E-state index contributed by atoms with van der Waals surface area (Å²) >= 11 is 0. The highest BCUT2D eigenvalue weighted by Gasteiger charge is 2.07. The molecular formula is C16H21NO3. The third kappa shape index (κ3) is 3.20. The Bertz CT molecular complexity index is 619. The number of unbranched alkanes of at least 4 members (excludes halogenated alkanes) is 1. The van der Waals surface area contributed by atoms with Crippen molar-refractivity contribution >= 4 is 10.8 Å². The van der Waals surface area contributed by atoms with E-state index in [-0.39, 0.29) is 5.56 Å². The van der Waals surface area contributed by atoms with Crippen molar-refractivity contribution in [1.29, 1.82) is 0 Å². The van der Waals surface area contributed by atoms with Crippen LogP contribution in [0.5, 0.6) is 5.75 Å². The topological polar surface area (TPSA) is 40.5 Å². The first-order valence-corrected chi connectivity index (χ1v) is 7.02. The molecule has 1 aromatic heterocycles. The summed E-state index contributed by atoms with van der Waals surface area (Å²) in [6, 6.07) is 7.56. The van der Waals surface area contributed by atoms with Gasteiger partial charge in [-0.2, -0.15) is 0 Å². The van der Waals surface area contributed by atoms with E-state index in [0.717, 1.165) is 24.0 Å². The minimum atomic E-state index is 0.000455. The first-order valence-electron chi connectivity index (χ1n) is 7.02. The van der Waals surface area contributed by atoms with Gasteiger partial charge in [0.1, 0.15) is 5.75 Å². The molecule has 4 nitrogen and oxygen atoms in total. The maximum absolute atomic E-state index is 12.4. The maximum atomic E-state index is 12.4. The molecule has 2 rings (SSSR count). The normalized spacial score (nSPS) is 10.9. The summed E-state index contributed by atoms with van der Waals surface area (Å²) in [6.07, 6.45) is 3.91. The van der Waals surface area contributed by atoms with E-state index in [0.29, 0.717) is 25.1 Å². The summed E-state index contributed by atoms with van der Waals surface area (Å²) in [5, 5.41) is 1.57. The van der Waals surface area contributed by atoms with E-state index in [1.54, 1.807) is 17.9 Å². The Morgan fingerprint density at radius 3 is 2.75 bits per heavy atom. The molecule has 0 bridgehead atoms. The predicted octanol–water partition coefficient (Wildman–Crippen LogP) is 2.83. The van der Waals surface area contributed by atoms with Crippen LogP contribution in [0.3, 0.4) is 0 Å². The smallest absolute Gasteiger partial charge is 0.258 e. The van der Waals surface area contributed by atoms with E-state index < -0.39 is 0 Å². The number of rotatable bonds is 7. The second kappa shape index (κ2) is 7.10. The molecule has 2 aromatic rings. The monoisotopic (exact) mass is 275 g/mol. The van der Waals surface area contributed by atoms with Crippen LogP contribution in [-0.4, -0.2) is 24.9 Å². The Morgan fingerprint density at radius 1 is 1.15 bits per heavy atom. The second-order valence-electron chi connectivity index (χ2n) is 4.73. The van der Waals surface area contributed by atoms with Gasteiger partial charge in [0.25, 0.3) is 5.56 Å². The summed E-state index contributed by atoms with van der Waals surface area (Å²) in [5.74, 6) is 0.784. The number of nitrogens with zero attached hydrogens (tertiary/aromatic N) is 1. The number of fused-ring (bicyclic) bond motifs is 1. The zero-order valence-electron chi connectivity index (χ0n) is 12.1. The lowest BCUT2D eigenvalue weighted by atomic mass is 10.1. The fraction of sp³-hybridized carbons (Fsp3) is 0.438. The van der Waals surface area contributed by atoms with Crippen LogP contribution < -0.4 is 10.3 Å². The van der Waals surface area contributed by atoms with Crippen molar-refractivity contribution in [3.8, 4) is 5.75 Å². The third-order valence-electron chi connectivity index (χ3n) is 3.27. The molecule has 1 heterocycles. The molecule has 0 aliphatic rings. The van der Waals surface area contributed by atoms with Crippen LogP contribution in [0.2, 0.25) is 0 Å². The number of hydrogen-bond acceptors (Lipinski definition) is 3. The molecule has 0 amide bonds. The van der Waals surface area contributed by atoms with Crippen LogP contribution in [0, 0.1) is 0 Å². The molecule has 0 atom stereocenters. The van der Waals surface area contributed by atoms with Gasteiger partial charge < -0.3 is 14.0 Å². The van der Waals surface area contributed by atoms with Gasteiger partial charge >= 0.3 is 0 Å². The number of hydrogen-bond donors (Lipinski definition) is 0. The Morgan fingerprint density at radius 2 is 2.00 bits per heavy atom. The van der Waals surface area contributed by atoms with Gasteiger partial charge in [0.05, 0.1) is 18.6 Å². The van der Waals surface area contributed by atoms with Crippen LogP contribution in [0.15, 0.2) is 35.3 Å². The van der Waals surface area contributed by atoms with Crippen LogP contribution >= 0.6 is 0 Å². The highest BCUT2D eigenvalue weighted by atomic mass is 16.5. The molecular weight excluding hydrogens is 254 g/mol. The summed E-state index contributed by atoms with van der Waals surface area (Å²) in [5.41, 5.74) is 0.000455. The lowest BCUT2D eigenvalue weighted by molar-refractivity contribution is 0.186. The van der Waals surface area contributed by atoms with Gasteiger partial charge in [0.15, 0.2) is 0 Å². The number of methoxy groups -OCH3 is 1. The summed E-state index contributed by atoms with van der Waals surface area (Å²) in [7, 11) is 1.63. The van der Waals surface area contributed by atoms with E-state index in [1.165, 1.54) is 0 Å². The van der Waals surface area contributed by atoms with Crippen molar-refractivity contribution in [2.45, 2.75) is 26.3 Å². The molecule has 0 unspecified atom stereocenters. The number of benzene rings is 1. The largest absolute Gasteiger partial charge is 0.493 e. The lowest BCUT2D eigenvalue weighted by Crippen LogP contribution is -2.21. The molecule has 0 aliphatic carbocycles. The Kier molecular flexibility index (Phi) is 5.18. The average Bonchev–Trinajstić information content (AvgIpc) is 2.47. The Labute approximate surface area is 118 Å². The van der Waals surface area contributed by atoms with Crippen LogP contribution in [0.1, 0.15) is 19.8 Å². The summed E-state index contributed by atoms with van der Waals surface area (Å²) in [4.78, 5) is 12.4. The number of aromatic nitrogens is 1. The first-order chi connectivity index (χ1) is 9.77. The van der Waals surface area contributed by atoms with Gasteiger partial charge in [-0.3, -0.25) is 4.79 Å². The summed E-state index contributed by atoms with van der Waals surface area (Å²) in [6.45, 7) is 3.90.